The Labute approximate surface area is 81.5 Å². The highest BCUT2D eigenvalue weighted by Crippen LogP contribution is 2.01. The first kappa shape index (κ1) is 11.8. The first-order chi connectivity index (χ1) is 5.63. The van der Waals surface area contributed by atoms with Crippen molar-refractivity contribution < 1.29 is 10.3 Å². The van der Waals surface area contributed by atoms with Gasteiger partial charge in [0.05, 0.1) is 5.56 Å². The van der Waals surface area contributed by atoms with E-state index in [-0.39, 0.29) is 11.4 Å². The van der Waals surface area contributed by atoms with Gasteiger partial charge in [-0.1, -0.05) is 12.2 Å². The van der Waals surface area contributed by atoms with Crippen LogP contribution in [0.4, 0.5) is 0 Å². The SMILES string of the molecule is CN(C)C(=O)c1ccc[nH]c1=S.O. The smallest absolute Gasteiger partial charge is 0.256 e. The van der Waals surface area contributed by atoms with Gasteiger partial charge in [-0.2, -0.15) is 0 Å². The number of nitrogens with zero attached hydrogens (tertiary/aromatic N) is 1. The Morgan fingerprint density at radius 3 is 2.62 bits per heavy atom. The van der Waals surface area contributed by atoms with Gasteiger partial charge in [0, 0.05) is 20.3 Å². The summed E-state index contributed by atoms with van der Waals surface area (Å²) < 4.78 is 0.483. The highest BCUT2D eigenvalue weighted by molar-refractivity contribution is 7.71. The van der Waals surface area contributed by atoms with Crippen LogP contribution >= 0.6 is 12.2 Å². The molecule has 0 aliphatic heterocycles. The third-order valence-corrected chi connectivity index (χ3v) is 1.79. The summed E-state index contributed by atoms with van der Waals surface area (Å²) in [6, 6.07) is 3.47. The normalized spacial score (nSPS) is 8.77. The van der Waals surface area contributed by atoms with Crippen LogP contribution in [0, 0.1) is 4.64 Å². The van der Waals surface area contributed by atoms with Gasteiger partial charge < -0.3 is 15.4 Å². The molecular formula is C8H12N2O2S. The number of aromatic nitrogens is 1. The standard InChI is InChI=1S/C8H10N2OS.H2O/c1-10(2)8(11)6-4-3-5-9-7(6)12;/h3-5H,1-2H3,(H,9,12);1H2. The topological polar surface area (TPSA) is 67.6 Å². The van der Waals surface area contributed by atoms with E-state index in [0.717, 1.165) is 0 Å². The average molecular weight is 200 g/mol. The first-order valence-corrected chi connectivity index (χ1v) is 3.93. The van der Waals surface area contributed by atoms with E-state index >= 15 is 0 Å². The highest BCUT2D eigenvalue weighted by atomic mass is 32.1. The second-order valence-corrected chi connectivity index (χ2v) is 3.02. The van der Waals surface area contributed by atoms with Crippen molar-refractivity contribution in [2.24, 2.45) is 0 Å². The molecule has 1 heterocycles. The van der Waals surface area contributed by atoms with Gasteiger partial charge in [-0.3, -0.25) is 4.79 Å². The average Bonchev–Trinajstić information content (AvgIpc) is 2.04. The minimum absolute atomic E-state index is 0. The zero-order chi connectivity index (χ0) is 9.14. The maximum absolute atomic E-state index is 11.4. The molecule has 5 heteroatoms. The van der Waals surface area contributed by atoms with E-state index in [4.69, 9.17) is 12.2 Å². The molecule has 0 bridgehead atoms. The van der Waals surface area contributed by atoms with Gasteiger partial charge in [0.15, 0.2) is 0 Å². The van der Waals surface area contributed by atoms with Crippen LogP contribution in [0.1, 0.15) is 10.4 Å². The second kappa shape index (κ2) is 4.74. The lowest BCUT2D eigenvalue weighted by Gasteiger charge is -2.09. The fraction of sp³-hybridized carbons (Fsp3) is 0.250. The van der Waals surface area contributed by atoms with E-state index in [0.29, 0.717) is 10.2 Å². The van der Waals surface area contributed by atoms with Gasteiger partial charge in [-0.25, -0.2) is 0 Å². The van der Waals surface area contributed by atoms with Crippen LogP contribution in [0.15, 0.2) is 18.3 Å². The molecule has 0 unspecified atom stereocenters. The minimum Gasteiger partial charge on any atom is -0.412 e. The zero-order valence-electron chi connectivity index (χ0n) is 7.50. The zero-order valence-corrected chi connectivity index (χ0v) is 8.31. The second-order valence-electron chi connectivity index (χ2n) is 2.61. The number of hydrogen-bond acceptors (Lipinski definition) is 2. The lowest BCUT2D eigenvalue weighted by atomic mass is 10.2. The number of rotatable bonds is 1. The van der Waals surface area contributed by atoms with Gasteiger partial charge in [0.25, 0.3) is 5.91 Å². The molecule has 4 nitrogen and oxygen atoms in total. The fourth-order valence-electron chi connectivity index (χ4n) is 0.831. The van der Waals surface area contributed by atoms with Gasteiger partial charge in [-0.15, -0.1) is 0 Å². The third kappa shape index (κ3) is 2.64. The van der Waals surface area contributed by atoms with E-state index in [2.05, 4.69) is 4.98 Å². The Balaban J connectivity index is 0.00000144. The molecule has 3 N–H and O–H groups in total. The summed E-state index contributed by atoms with van der Waals surface area (Å²) in [6.07, 6.45) is 1.70. The highest BCUT2D eigenvalue weighted by Gasteiger charge is 2.08. The Kier molecular flexibility index (Phi) is 4.30. The summed E-state index contributed by atoms with van der Waals surface area (Å²) in [7, 11) is 3.40. The van der Waals surface area contributed by atoms with Crippen LogP contribution in [-0.4, -0.2) is 35.4 Å². The Bertz CT molecular complexity index is 346. The summed E-state index contributed by atoms with van der Waals surface area (Å²) in [4.78, 5) is 15.7. The van der Waals surface area contributed by atoms with E-state index in [1.807, 2.05) is 0 Å². The molecule has 1 aromatic rings. The third-order valence-electron chi connectivity index (χ3n) is 1.45. The Morgan fingerprint density at radius 1 is 1.54 bits per heavy atom. The largest absolute Gasteiger partial charge is 0.412 e. The molecule has 1 amide bonds. The van der Waals surface area contributed by atoms with Crippen LogP contribution in [0.25, 0.3) is 0 Å². The summed E-state index contributed by atoms with van der Waals surface area (Å²) in [5.41, 5.74) is 0.539. The van der Waals surface area contributed by atoms with Crippen molar-refractivity contribution in [3.63, 3.8) is 0 Å². The molecule has 13 heavy (non-hydrogen) atoms. The molecule has 0 saturated heterocycles. The first-order valence-electron chi connectivity index (χ1n) is 3.52. The molecule has 0 aromatic carbocycles. The van der Waals surface area contributed by atoms with E-state index in [9.17, 15) is 4.79 Å². The summed E-state index contributed by atoms with van der Waals surface area (Å²) in [5, 5.41) is 0. The van der Waals surface area contributed by atoms with Gasteiger partial charge in [-0.05, 0) is 12.1 Å². The molecule has 0 fully saturated rings. The molecule has 0 saturated carbocycles. The molecule has 0 radical (unpaired) electrons. The molecule has 1 aromatic heterocycles. The van der Waals surface area contributed by atoms with Crippen molar-refractivity contribution in [1.29, 1.82) is 0 Å². The number of hydrogen-bond donors (Lipinski definition) is 1. The maximum atomic E-state index is 11.4. The lowest BCUT2D eigenvalue weighted by molar-refractivity contribution is 0.0826. The van der Waals surface area contributed by atoms with E-state index in [1.54, 1.807) is 32.4 Å². The predicted octanol–water partition coefficient (Wildman–Crippen LogP) is 0.621. The van der Waals surface area contributed by atoms with Crippen LogP contribution < -0.4 is 0 Å². The van der Waals surface area contributed by atoms with Crippen molar-refractivity contribution in [1.82, 2.24) is 9.88 Å². The van der Waals surface area contributed by atoms with Gasteiger partial charge in [0.2, 0.25) is 0 Å². The van der Waals surface area contributed by atoms with Crippen LogP contribution in [-0.2, 0) is 0 Å². The molecule has 0 atom stereocenters. The molecular weight excluding hydrogens is 188 g/mol. The van der Waals surface area contributed by atoms with Crippen LogP contribution in [0.2, 0.25) is 0 Å². The lowest BCUT2D eigenvalue weighted by Crippen LogP contribution is -2.22. The monoisotopic (exact) mass is 200 g/mol. The number of nitrogens with one attached hydrogen (secondary N) is 1. The minimum atomic E-state index is -0.0724. The Morgan fingerprint density at radius 2 is 2.15 bits per heavy atom. The van der Waals surface area contributed by atoms with E-state index in [1.165, 1.54) is 4.90 Å². The van der Waals surface area contributed by atoms with E-state index < -0.39 is 0 Å². The van der Waals surface area contributed by atoms with Crippen molar-refractivity contribution in [2.75, 3.05) is 14.1 Å². The molecule has 1 rings (SSSR count). The molecule has 72 valence electrons. The van der Waals surface area contributed by atoms with Crippen molar-refractivity contribution in [3.8, 4) is 0 Å². The van der Waals surface area contributed by atoms with Crippen molar-refractivity contribution in [3.05, 3.63) is 28.5 Å². The van der Waals surface area contributed by atoms with Gasteiger partial charge in [0.1, 0.15) is 4.64 Å². The number of carbonyl (C=O) groups excluding carboxylic acids is 1. The Hall–Kier alpha value is -1.20. The quantitative estimate of drug-likeness (QED) is 0.675. The number of pyridine rings is 1. The number of aromatic amines is 1. The fourth-order valence-corrected chi connectivity index (χ4v) is 1.05. The molecule has 0 spiro atoms. The maximum Gasteiger partial charge on any atom is 0.256 e. The summed E-state index contributed by atoms with van der Waals surface area (Å²) in [5.74, 6) is -0.0724. The predicted molar refractivity (Wildman–Crippen MR) is 53.3 cm³/mol. The molecule has 0 aliphatic carbocycles. The van der Waals surface area contributed by atoms with Gasteiger partial charge >= 0.3 is 0 Å². The summed E-state index contributed by atoms with van der Waals surface area (Å²) in [6.45, 7) is 0. The van der Waals surface area contributed by atoms with Crippen molar-refractivity contribution >= 4 is 18.1 Å². The number of carbonyl (C=O) groups is 1. The van der Waals surface area contributed by atoms with Crippen LogP contribution in [0.3, 0.4) is 0 Å². The number of H-pyrrole nitrogens is 1. The van der Waals surface area contributed by atoms with Crippen molar-refractivity contribution in [2.45, 2.75) is 0 Å². The summed E-state index contributed by atoms with van der Waals surface area (Å²) >= 11 is 4.94. The number of amides is 1. The molecule has 0 aliphatic rings. The van der Waals surface area contributed by atoms with Crippen LogP contribution in [0.5, 0.6) is 0 Å².